The fraction of sp³-hybridized carbons (Fsp3) is 0. The molecule has 0 radical (unpaired) electrons. The highest BCUT2D eigenvalue weighted by molar-refractivity contribution is 5.96. The van der Waals surface area contributed by atoms with Gasteiger partial charge in [-0.05, 0) is 34.5 Å². The van der Waals surface area contributed by atoms with E-state index in [1.165, 1.54) is 18.3 Å². The summed E-state index contributed by atoms with van der Waals surface area (Å²) in [6.07, 6.45) is 1.53. The summed E-state index contributed by atoms with van der Waals surface area (Å²) in [4.78, 5) is 11.9. The molecule has 0 fully saturated rings. The SMILES string of the molecule is O=C(NN=Cc1ccc2ccccc2c1)c1cc(O)cc(O)c1. The minimum Gasteiger partial charge on any atom is -0.508 e. The fourth-order valence-corrected chi connectivity index (χ4v) is 2.24. The van der Waals surface area contributed by atoms with Gasteiger partial charge in [-0.15, -0.1) is 0 Å². The number of rotatable bonds is 3. The first kappa shape index (κ1) is 14.6. The van der Waals surface area contributed by atoms with Crippen molar-refractivity contribution in [2.75, 3.05) is 0 Å². The molecule has 5 nitrogen and oxygen atoms in total. The van der Waals surface area contributed by atoms with Crippen molar-refractivity contribution in [1.29, 1.82) is 0 Å². The van der Waals surface area contributed by atoms with E-state index in [4.69, 9.17) is 0 Å². The largest absolute Gasteiger partial charge is 0.508 e. The molecule has 0 spiro atoms. The first-order valence-corrected chi connectivity index (χ1v) is 6.97. The van der Waals surface area contributed by atoms with Gasteiger partial charge in [0, 0.05) is 11.6 Å². The van der Waals surface area contributed by atoms with Gasteiger partial charge >= 0.3 is 0 Å². The van der Waals surface area contributed by atoms with Crippen LogP contribution in [0.4, 0.5) is 0 Å². The van der Waals surface area contributed by atoms with Gasteiger partial charge in [0.25, 0.3) is 5.91 Å². The number of amides is 1. The van der Waals surface area contributed by atoms with Crippen LogP contribution in [-0.2, 0) is 0 Å². The maximum atomic E-state index is 11.9. The number of nitrogens with one attached hydrogen (secondary N) is 1. The molecule has 114 valence electrons. The summed E-state index contributed by atoms with van der Waals surface area (Å²) in [5, 5.41) is 24.8. The number of phenols is 2. The van der Waals surface area contributed by atoms with Crippen molar-refractivity contribution in [1.82, 2.24) is 5.43 Å². The first-order chi connectivity index (χ1) is 11.1. The molecule has 0 saturated heterocycles. The number of carbonyl (C=O) groups is 1. The van der Waals surface area contributed by atoms with Crippen LogP contribution >= 0.6 is 0 Å². The predicted molar refractivity (Wildman–Crippen MR) is 88.8 cm³/mol. The van der Waals surface area contributed by atoms with E-state index in [2.05, 4.69) is 10.5 Å². The van der Waals surface area contributed by atoms with Crippen LogP contribution in [0, 0.1) is 0 Å². The molecule has 3 aromatic carbocycles. The maximum absolute atomic E-state index is 11.9. The Hall–Kier alpha value is -3.34. The number of hydrogen-bond acceptors (Lipinski definition) is 4. The highest BCUT2D eigenvalue weighted by Crippen LogP contribution is 2.20. The van der Waals surface area contributed by atoms with Crippen LogP contribution in [0.25, 0.3) is 10.8 Å². The van der Waals surface area contributed by atoms with Crippen LogP contribution in [-0.4, -0.2) is 22.3 Å². The third kappa shape index (κ3) is 3.47. The lowest BCUT2D eigenvalue weighted by atomic mass is 10.1. The number of aromatic hydroxyl groups is 2. The Bertz CT molecular complexity index is 883. The summed E-state index contributed by atoms with van der Waals surface area (Å²) in [6, 6.07) is 17.4. The summed E-state index contributed by atoms with van der Waals surface area (Å²) < 4.78 is 0. The van der Waals surface area contributed by atoms with Crippen molar-refractivity contribution in [3.8, 4) is 11.5 Å². The van der Waals surface area contributed by atoms with E-state index in [1.807, 2.05) is 42.5 Å². The molecular weight excluding hydrogens is 292 g/mol. The number of fused-ring (bicyclic) bond motifs is 1. The molecule has 0 heterocycles. The Morgan fingerprint density at radius 1 is 0.913 bits per heavy atom. The maximum Gasteiger partial charge on any atom is 0.271 e. The number of benzene rings is 3. The van der Waals surface area contributed by atoms with E-state index in [-0.39, 0.29) is 17.1 Å². The lowest BCUT2D eigenvalue weighted by Crippen LogP contribution is -2.17. The zero-order valence-electron chi connectivity index (χ0n) is 12.1. The van der Waals surface area contributed by atoms with Gasteiger partial charge in [-0.25, -0.2) is 5.43 Å². The summed E-state index contributed by atoms with van der Waals surface area (Å²) in [7, 11) is 0. The van der Waals surface area contributed by atoms with Crippen molar-refractivity contribution >= 4 is 22.9 Å². The minimum absolute atomic E-state index is 0.123. The normalized spacial score (nSPS) is 11.0. The highest BCUT2D eigenvalue weighted by atomic mass is 16.3. The molecule has 0 bridgehead atoms. The summed E-state index contributed by atoms with van der Waals surface area (Å²) in [5.41, 5.74) is 3.33. The van der Waals surface area contributed by atoms with E-state index in [9.17, 15) is 15.0 Å². The molecule has 0 saturated carbocycles. The third-order valence-electron chi connectivity index (χ3n) is 3.32. The molecule has 3 N–H and O–H groups in total. The summed E-state index contributed by atoms with van der Waals surface area (Å²) in [6.45, 7) is 0. The van der Waals surface area contributed by atoms with E-state index in [1.54, 1.807) is 0 Å². The van der Waals surface area contributed by atoms with E-state index in [0.717, 1.165) is 22.4 Å². The molecule has 5 heteroatoms. The zero-order chi connectivity index (χ0) is 16.2. The summed E-state index contributed by atoms with van der Waals surface area (Å²) in [5.74, 6) is -0.893. The van der Waals surface area contributed by atoms with Gasteiger partial charge in [0.15, 0.2) is 0 Å². The van der Waals surface area contributed by atoms with Crippen LogP contribution in [0.3, 0.4) is 0 Å². The smallest absolute Gasteiger partial charge is 0.271 e. The topological polar surface area (TPSA) is 81.9 Å². The van der Waals surface area contributed by atoms with Crippen molar-refractivity contribution in [2.24, 2.45) is 5.10 Å². The number of hydrogen-bond donors (Lipinski definition) is 3. The van der Waals surface area contributed by atoms with Crippen molar-refractivity contribution < 1.29 is 15.0 Å². The van der Waals surface area contributed by atoms with Gasteiger partial charge in [-0.3, -0.25) is 4.79 Å². The standard InChI is InChI=1S/C18H14N2O3/c21-16-8-15(9-17(22)10-16)18(23)20-19-11-12-5-6-13-3-1-2-4-14(13)7-12/h1-11,21-22H,(H,20,23). The van der Waals surface area contributed by atoms with Gasteiger partial charge in [0.05, 0.1) is 6.21 Å². The van der Waals surface area contributed by atoms with Gasteiger partial charge in [-0.2, -0.15) is 5.10 Å². The van der Waals surface area contributed by atoms with Gasteiger partial charge in [0.1, 0.15) is 11.5 Å². The lowest BCUT2D eigenvalue weighted by Gasteiger charge is -2.02. The Kier molecular flexibility index (Phi) is 3.93. The van der Waals surface area contributed by atoms with E-state index < -0.39 is 5.91 Å². The van der Waals surface area contributed by atoms with Crippen LogP contribution in [0.5, 0.6) is 11.5 Å². The fourth-order valence-electron chi connectivity index (χ4n) is 2.24. The van der Waals surface area contributed by atoms with Crippen LogP contribution < -0.4 is 5.43 Å². The number of nitrogens with zero attached hydrogens (tertiary/aromatic N) is 1. The molecule has 0 unspecified atom stereocenters. The van der Waals surface area contributed by atoms with Gasteiger partial charge in [-0.1, -0.05) is 36.4 Å². The molecule has 3 aromatic rings. The van der Waals surface area contributed by atoms with Crippen LogP contribution in [0.1, 0.15) is 15.9 Å². The molecule has 0 atom stereocenters. The Morgan fingerprint density at radius 3 is 2.35 bits per heavy atom. The number of phenolic OH excluding ortho intramolecular Hbond substituents is 2. The van der Waals surface area contributed by atoms with Crippen molar-refractivity contribution in [2.45, 2.75) is 0 Å². The molecule has 1 amide bonds. The van der Waals surface area contributed by atoms with E-state index >= 15 is 0 Å². The average Bonchev–Trinajstić information content (AvgIpc) is 2.53. The molecular formula is C18H14N2O3. The molecule has 0 aliphatic rings. The Morgan fingerprint density at radius 2 is 1.61 bits per heavy atom. The average molecular weight is 306 g/mol. The van der Waals surface area contributed by atoms with Gasteiger partial charge in [0.2, 0.25) is 0 Å². The first-order valence-electron chi connectivity index (χ1n) is 6.97. The second kappa shape index (κ2) is 6.19. The highest BCUT2D eigenvalue weighted by Gasteiger charge is 2.07. The molecule has 3 rings (SSSR count). The second-order valence-electron chi connectivity index (χ2n) is 5.04. The zero-order valence-corrected chi connectivity index (χ0v) is 12.1. The van der Waals surface area contributed by atoms with Crippen LogP contribution in [0.2, 0.25) is 0 Å². The Labute approximate surface area is 132 Å². The van der Waals surface area contributed by atoms with Gasteiger partial charge < -0.3 is 10.2 Å². The lowest BCUT2D eigenvalue weighted by molar-refractivity contribution is 0.0954. The third-order valence-corrected chi connectivity index (χ3v) is 3.32. The quantitative estimate of drug-likeness (QED) is 0.514. The minimum atomic E-state index is -0.520. The van der Waals surface area contributed by atoms with Crippen molar-refractivity contribution in [3.05, 3.63) is 71.8 Å². The predicted octanol–water partition coefficient (Wildman–Crippen LogP) is 3.01. The van der Waals surface area contributed by atoms with Crippen molar-refractivity contribution in [3.63, 3.8) is 0 Å². The molecule has 23 heavy (non-hydrogen) atoms. The molecule has 0 aromatic heterocycles. The monoisotopic (exact) mass is 306 g/mol. The summed E-state index contributed by atoms with van der Waals surface area (Å²) >= 11 is 0. The van der Waals surface area contributed by atoms with Crippen LogP contribution in [0.15, 0.2) is 65.8 Å². The second-order valence-corrected chi connectivity index (χ2v) is 5.04. The number of carbonyl (C=O) groups excluding carboxylic acids is 1. The molecule has 0 aliphatic heterocycles. The Balaban J connectivity index is 1.73. The van der Waals surface area contributed by atoms with E-state index in [0.29, 0.717) is 0 Å². The number of hydrazone groups is 1. The molecule has 0 aliphatic carbocycles.